The third-order valence-corrected chi connectivity index (χ3v) is 4.64. The van der Waals surface area contributed by atoms with E-state index in [0.717, 1.165) is 30.5 Å². The molecule has 1 fully saturated rings. The van der Waals surface area contributed by atoms with E-state index < -0.39 is 0 Å². The molecule has 2 heteroatoms. The Morgan fingerprint density at radius 3 is 2.56 bits per heavy atom. The third-order valence-electron chi connectivity index (χ3n) is 4.64. The highest BCUT2D eigenvalue weighted by atomic mass is 15.2. The van der Waals surface area contributed by atoms with Crippen molar-refractivity contribution in [3.8, 4) is 0 Å². The highest BCUT2D eigenvalue weighted by Crippen LogP contribution is 2.24. The predicted molar refractivity (Wildman–Crippen MR) is 81.0 cm³/mol. The van der Waals surface area contributed by atoms with Crippen LogP contribution in [0, 0.1) is 11.8 Å². The second-order valence-corrected chi connectivity index (χ2v) is 6.48. The highest BCUT2D eigenvalue weighted by molar-refractivity contribution is 4.88. The maximum atomic E-state index is 3.64. The first-order valence-electron chi connectivity index (χ1n) is 8.03. The number of nitrogens with one attached hydrogen (secondary N) is 1. The van der Waals surface area contributed by atoms with Crippen molar-refractivity contribution in [1.82, 2.24) is 10.2 Å². The summed E-state index contributed by atoms with van der Waals surface area (Å²) in [5.74, 6) is 1.64. The molecule has 0 spiro atoms. The van der Waals surface area contributed by atoms with Crippen LogP contribution in [0.5, 0.6) is 0 Å². The molecule has 0 saturated carbocycles. The summed E-state index contributed by atoms with van der Waals surface area (Å²) >= 11 is 0. The standard InChI is InChI=1S/C16H34N2/c1-6-17-16-10-12-18(15(5)14(16)4)11-8-7-9-13(2)3/h13-17H,6-12H2,1-5H3. The second-order valence-electron chi connectivity index (χ2n) is 6.48. The van der Waals surface area contributed by atoms with E-state index >= 15 is 0 Å². The van der Waals surface area contributed by atoms with Crippen LogP contribution in [0.1, 0.15) is 60.3 Å². The molecule has 1 rings (SSSR count). The summed E-state index contributed by atoms with van der Waals surface area (Å²) < 4.78 is 0. The zero-order chi connectivity index (χ0) is 13.5. The van der Waals surface area contributed by atoms with Crippen molar-refractivity contribution in [2.75, 3.05) is 19.6 Å². The summed E-state index contributed by atoms with van der Waals surface area (Å²) in [6, 6.07) is 1.47. The van der Waals surface area contributed by atoms with Crippen molar-refractivity contribution >= 4 is 0 Å². The van der Waals surface area contributed by atoms with Crippen molar-refractivity contribution in [3.63, 3.8) is 0 Å². The van der Waals surface area contributed by atoms with Crippen molar-refractivity contribution in [1.29, 1.82) is 0 Å². The number of hydrogen-bond donors (Lipinski definition) is 1. The molecule has 0 aromatic heterocycles. The SMILES string of the molecule is CCNC1CCN(CCCCC(C)C)C(C)C1C. The Kier molecular flexibility index (Phi) is 7.25. The Labute approximate surface area is 115 Å². The van der Waals surface area contributed by atoms with E-state index in [2.05, 4.69) is 44.8 Å². The molecule has 3 atom stereocenters. The predicted octanol–water partition coefficient (Wildman–Crippen LogP) is 3.52. The molecule has 108 valence electrons. The van der Waals surface area contributed by atoms with E-state index in [1.807, 2.05) is 0 Å². The average Bonchev–Trinajstić information content (AvgIpc) is 2.33. The maximum Gasteiger partial charge on any atom is 0.0120 e. The van der Waals surface area contributed by atoms with Gasteiger partial charge >= 0.3 is 0 Å². The van der Waals surface area contributed by atoms with Crippen LogP contribution >= 0.6 is 0 Å². The first-order valence-corrected chi connectivity index (χ1v) is 8.03. The average molecular weight is 254 g/mol. The first-order chi connectivity index (χ1) is 8.56. The monoisotopic (exact) mass is 254 g/mol. The summed E-state index contributed by atoms with van der Waals surface area (Å²) in [4.78, 5) is 2.71. The van der Waals surface area contributed by atoms with Gasteiger partial charge in [-0.05, 0) is 51.2 Å². The fourth-order valence-electron chi connectivity index (χ4n) is 3.17. The van der Waals surface area contributed by atoms with E-state index in [-0.39, 0.29) is 0 Å². The molecule has 18 heavy (non-hydrogen) atoms. The molecular weight excluding hydrogens is 220 g/mol. The molecule has 1 aliphatic rings. The molecule has 0 aliphatic carbocycles. The number of piperidine rings is 1. The fourth-order valence-corrected chi connectivity index (χ4v) is 3.17. The minimum Gasteiger partial charge on any atom is -0.314 e. The number of hydrogen-bond acceptors (Lipinski definition) is 2. The summed E-state index contributed by atoms with van der Waals surface area (Å²) in [6.07, 6.45) is 5.48. The molecular formula is C16H34N2. The van der Waals surface area contributed by atoms with Crippen LogP contribution in [-0.2, 0) is 0 Å². The van der Waals surface area contributed by atoms with Gasteiger partial charge in [0.1, 0.15) is 0 Å². The zero-order valence-corrected chi connectivity index (χ0v) is 13.2. The maximum absolute atomic E-state index is 3.64. The minimum absolute atomic E-state index is 0.733. The van der Waals surface area contributed by atoms with Gasteiger partial charge in [0.15, 0.2) is 0 Å². The molecule has 1 saturated heterocycles. The molecule has 0 amide bonds. The summed E-state index contributed by atoms with van der Waals surface area (Å²) in [5.41, 5.74) is 0. The Bertz CT molecular complexity index is 215. The van der Waals surface area contributed by atoms with Gasteiger partial charge < -0.3 is 10.2 Å². The van der Waals surface area contributed by atoms with Gasteiger partial charge in [0.05, 0.1) is 0 Å². The normalized spacial score (nSPS) is 30.0. The zero-order valence-electron chi connectivity index (χ0n) is 13.2. The summed E-state index contributed by atoms with van der Waals surface area (Å²) in [6.45, 7) is 15.4. The van der Waals surface area contributed by atoms with E-state index in [4.69, 9.17) is 0 Å². The van der Waals surface area contributed by atoms with Gasteiger partial charge in [-0.2, -0.15) is 0 Å². The van der Waals surface area contributed by atoms with E-state index in [1.54, 1.807) is 0 Å². The molecule has 0 bridgehead atoms. The van der Waals surface area contributed by atoms with Gasteiger partial charge in [0.25, 0.3) is 0 Å². The van der Waals surface area contributed by atoms with E-state index in [9.17, 15) is 0 Å². The van der Waals surface area contributed by atoms with Crippen LogP contribution in [0.25, 0.3) is 0 Å². The Hall–Kier alpha value is -0.0800. The first kappa shape index (κ1) is 16.0. The molecule has 1 heterocycles. The smallest absolute Gasteiger partial charge is 0.0120 e. The van der Waals surface area contributed by atoms with Crippen LogP contribution in [0.2, 0.25) is 0 Å². The molecule has 2 nitrogen and oxygen atoms in total. The second kappa shape index (κ2) is 8.16. The lowest BCUT2D eigenvalue weighted by atomic mass is 9.87. The van der Waals surface area contributed by atoms with Gasteiger partial charge in [-0.3, -0.25) is 0 Å². The quantitative estimate of drug-likeness (QED) is 0.699. The summed E-state index contributed by atoms with van der Waals surface area (Å²) in [5, 5.41) is 3.64. The van der Waals surface area contributed by atoms with Gasteiger partial charge in [0.2, 0.25) is 0 Å². The third kappa shape index (κ3) is 4.89. The number of nitrogens with zero attached hydrogens (tertiary/aromatic N) is 1. The van der Waals surface area contributed by atoms with Gasteiger partial charge in [-0.1, -0.05) is 40.5 Å². The van der Waals surface area contributed by atoms with Crippen molar-refractivity contribution in [2.45, 2.75) is 72.4 Å². The number of likely N-dealkylation sites (tertiary alicyclic amines) is 1. The van der Waals surface area contributed by atoms with Crippen LogP contribution < -0.4 is 5.32 Å². The van der Waals surface area contributed by atoms with Crippen LogP contribution in [0.15, 0.2) is 0 Å². The minimum atomic E-state index is 0.733. The topological polar surface area (TPSA) is 15.3 Å². The molecule has 1 aliphatic heterocycles. The fraction of sp³-hybridized carbons (Fsp3) is 1.00. The molecule has 0 aromatic carbocycles. The highest BCUT2D eigenvalue weighted by Gasteiger charge is 2.31. The van der Waals surface area contributed by atoms with E-state index in [1.165, 1.54) is 38.8 Å². The largest absolute Gasteiger partial charge is 0.314 e. The van der Waals surface area contributed by atoms with Crippen molar-refractivity contribution in [3.05, 3.63) is 0 Å². The molecule has 0 radical (unpaired) electrons. The lowest BCUT2D eigenvalue weighted by Gasteiger charge is -2.43. The number of unbranched alkanes of at least 4 members (excludes halogenated alkanes) is 1. The van der Waals surface area contributed by atoms with E-state index in [0.29, 0.717) is 0 Å². The van der Waals surface area contributed by atoms with Crippen LogP contribution in [-0.4, -0.2) is 36.6 Å². The van der Waals surface area contributed by atoms with Gasteiger partial charge in [-0.15, -0.1) is 0 Å². The molecule has 0 aromatic rings. The lowest BCUT2D eigenvalue weighted by Crippen LogP contribution is -2.53. The number of rotatable bonds is 7. The Balaban J connectivity index is 2.27. The lowest BCUT2D eigenvalue weighted by molar-refractivity contribution is 0.0837. The van der Waals surface area contributed by atoms with Gasteiger partial charge in [0, 0.05) is 12.1 Å². The van der Waals surface area contributed by atoms with Crippen LogP contribution in [0.4, 0.5) is 0 Å². The van der Waals surface area contributed by atoms with Crippen LogP contribution in [0.3, 0.4) is 0 Å². The van der Waals surface area contributed by atoms with Gasteiger partial charge in [-0.25, -0.2) is 0 Å². The molecule has 1 N–H and O–H groups in total. The Morgan fingerprint density at radius 1 is 1.22 bits per heavy atom. The molecule has 3 unspecified atom stereocenters. The Morgan fingerprint density at radius 2 is 1.94 bits per heavy atom. The van der Waals surface area contributed by atoms with Crippen molar-refractivity contribution < 1.29 is 0 Å². The van der Waals surface area contributed by atoms with Crippen molar-refractivity contribution in [2.24, 2.45) is 11.8 Å². The summed E-state index contributed by atoms with van der Waals surface area (Å²) in [7, 11) is 0.